The van der Waals surface area contributed by atoms with Crippen molar-refractivity contribution in [3.8, 4) is 0 Å². The Bertz CT molecular complexity index is 402. The van der Waals surface area contributed by atoms with Gasteiger partial charge in [-0.2, -0.15) is 4.37 Å². The monoisotopic (exact) mass is 225 g/mol. The summed E-state index contributed by atoms with van der Waals surface area (Å²) < 4.78 is 4.77. The van der Waals surface area contributed by atoms with Crippen LogP contribution in [0.1, 0.15) is 0 Å². The van der Waals surface area contributed by atoms with Crippen LogP contribution in [0.5, 0.6) is 0 Å². The molecule has 0 unspecified atom stereocenters. The Kier molecular flexibility index (Phi) is 2.90. The molecule has 0 bridgehead atoms. The van der Waals surface area contributed by atoms with Gasteiger partial charge in [0.05, 0.1) is 12.4 Å². The van der Waals surface area contributed by atoms with E-state index in [2.05, 4.69) is 24.6 Å². The molecule has 0 aliphatic carbocycles. The molecule has 0 aromatic carbocycles. The van der Waals surface area contributed by atoms with Crippen LogP contribution in [-0.4, -0.2) is 26.4 Å². The van der Waals surface area contributed by atoms with Crippen LogP contribution < -0.4 is 5.32 Å². The van der Waals surface area contributed by atoms with Gasteiger partial charge < -0.3 is 5.32 Å². The van der Waals surface area contributed by atoms with Gasteiger partial charge in [-0.15, -0.1) is 0 Å². The number of nitrogens with one attached hydrogen (secondary N) is 1. The fraction of sp³-hybridized carbons (Fsp3) is 0.143. The first-order valence-corrected chi connectivity index (χ1v) is 5.42. The third kappa shape index (κ3) is 2.18. The highest BCUT2D eigenvalue weighted by molar-refractivity contribution is 8.00. The van der Waals surface area contributed by atoms with Crippen molar-refractivity contribution in [3.05, 3.63) is 18.7 Å². The molecule has 2 rings (SSSR count). The lowest BCUT2D eigenvalue weighted by atomic mass is 10.7. The third-order valence-corrected chi connectivity index (χ3v) is 3.02. The van der Waals surface area contributed by atoms with E-state index in [0.29, 0.717) is 0 Å². The van der Waals surface area contributed by atoms with Crippen LogP contribution in [-0.2, 0) is 0 Å². The molecule has 0 fully saturated rings. The van der Waals surface area contributed by atoms with Gasteiger partial charge in [0.2, 0.25) is 0 Å². The zero-order valence-corrected chi connectivity index (χ0v) is 8.97. The molecule has 1 N–H and O–H groups in total. The van der Waals surface area contributed by atoms with Crippen LogP contribution in [0.25, 0.3) is 0 Å². The normalized spacial score (nSPS) is 10.1. The van der Waals surface area contributed by atoms with Crippen molar-refractivity contribution in [2.45, 2.75) is 9.37 Å². The third-order valence-electron chi connectivity index (χ3n) is 1.40. The van der Waals surface area contributed by atoms with Gasteiger partial charge in [-0.1, -0.05) is 0 Å². The minimum atomic E-state index is 0.750. The van der Waals surface area contributed by atoms with Crippen molar-refractivity contribution in [2.75, 3.05) is 12.4 Å². The molecule has 7 heteroatoms. The molecular formula is C7H7N5S2. The van der Waals surface area contributed by atoms with Gasteiger partial charge in [0.1, 0.15) is 17.2 Å². The Morgan fingerprint density at radius 2 is 2.36 bits per heavy atom. The Morgan fingerprint density at radius 1 is 1.43 bits per heavy atom. The number of hydrogen-bond acceptors (Lipinski definition) is 7. The number of aromatic nitrogens is 4. The highest BCUT2D eigenvalue weighted by Gasteiger charge is 2.02. The molecule has 2 aromatic rings. The Balaban J connectivity index is 2.17. The first kappa shape index (κ1) is 9.35. The van der Waals surface area contributed by atoms with E-state index in [1.54, 1.807) is 12.4 Å². The van der Waals surface area contributed by atoms with Crippen molar-refractivity contribution in [1.82, 2.24) is 19.3 Å². The Morgan fingerprint density at radius 3 is 3.07 bits per heavy atom. The molecule has 0 spiro atoms. The quantitative estimate of drug-likeness (QED) is 0.854. The lowest BCUT2D eigenvalue weighted by molar-refractivity contribution is 1.05. The summed E-state index contributed by atoms with van der Waals surface area (Å²) in [6, 6.07) is 0. The van der Waals surface area contributed by atoms with E-state index in [1.807, 2.05) is 7.05 Å². The summed E-state index contributed by atoms with van der Waals surface area (Å²) in [6.45, 7) is 0. The molecule has 0 saturated heterocycles. The molecule has 0 atom stereocenters. The van der Waals surface area contributed by atoms with Crippen molar-refractivity contribution in [2.24, 2.45) is 0 Å². The fourth-order valence-corrected chi connectivity index (χ4v) is 2.16. The number of hydrogen-bond donors (Lipinski definition) is 1. The Hall–Kier alpha value is -1.21. The molecule has 14 heavy (non-hydrogen) atoms. The van der Waals surface area contributed by atoms with Crippen LogP contribution in [0.15, 0.2) is 28.1 Å². The van der Waals surface area contributed by atoms with Crippen LogP contribution in [0.2, 0.25) is 0 Å². The second-order valence-electron chi connectivity index (χ2n) is 2.30. The predicted octanol–water partition coefficient (Wildman–Crippen LogP) is 1.52. The lowest BCUT2D eigenvalue weighted by Crippen LogP contribution is -1.93. The molecule has 0 saturated carbocycles. The van der Waals surface area contributed by atoms with Gasteiger partial charge in [0, 0.05) is 7.05 Å². The molecule has 0 aliphatic heterocycles. The summed E-state index contributed by atoms with van der Waals surface area (Å²) in [6.07, 6.45) is 4.90. The van der Waals surface area contributed by atoms with E-state index >= 15 is 0 Å². The standard InChI is InChI=1S/C7H7N5S2/c1-8-5-2-9-3-6(12-5)13-7-10-4-11-14-7/h2-4H,1H3,(H,8,12). The zero-order chi connectivity index (χ0) is 9.80. The van der Waals surface area contributed by atoms with Gasteiger partial charge >= 0.3 is 0 Å². The second kappa shape index (κ2) is 4.34. The maximum atomic E-state index is 4.29. The topological polar surface area (TPSA) is 63.6 Å². The summed E-state index contributed by atoms with van der Waals surface area (Å²) >= 11 is 2.80. The van der Waals surface area contributed by atoms with Gasteiger partial charge in [0.15, 0.2) is 4.34 Å². The smallest absolute Gasteiger partial charge is 0.176 e. The molecular weight excluding hydrogens is 218 g/mol. The van der Waals surface area contributed by atoms with Gasteiger partial charge in [0.25, 0.3) is 0 Å². The molecule has 0 amide bonds. The predicted molar refractivity (Wildman–Crippen MR) is 55.6 cm³/mol. The molecule has 2 heterocycles. The van der Waals surface area contributed by atoms with Crippen LogP contribution in [0.3, 0.4) is 0 Å². The van der Waals surface area contributed by atoms with Crippen LogP contribution in [0.4, 0.5) is 5.82 Å². The van der Waals surface area contributed by atoms with E-state index < -0.39 is 0 Å². The fourth-order valence-electron chi connectivity index (χ4n) is 0.815. The summed E-state index contributed by atoms with van der Waals surface area (Å²) in [4.78, 5) is 12.4. The summed E-state index contributed by atoms with van der Waals surface area (Å²) in [7, 11) is 1.81. The minimum Gasteiger partial charge on any atom is -0.372 e. The average Bonchev–Trinajstić information content (AvgIpc) is 2.71. The van der Waals surface area contributed by atoms with Crippen molar-refractivity contribution < 1.29 is 0 Å². The van der Waals surface area contributed by atoms with Gasteiger partial charge in [-0.25, -0.2) is 9.97 Å². The average molecular weight is 225 g/mol. The van der Waals surface area contributed by atoms with Crippen molar-refractivity contribution in [1.29, 1.82) is 0 Å². The maximum absolute atomic E-state index is 4.29. The largest absolute Gasteiger partial charge is 0.372 e. The van der Waals surface area contributed by atoms with Gasteiger partial charge in [-0.05, 0) is 23.3 Å². The molecule has 0 radical (unpaired) electrons. The molecule has 72 valence electrons. The zero-order valence-electron chi connectivity index (χ0n) is 7.34. The molecule has 0 aliphatic rings. The maximum Gasteiger partial charge on any atom is 0.176 e. The molecule has 5 nitrogen and oxygen atoms in total. The lowest BCUT2D eigenvalue weighted by Gasteiger charge is -1.99. The van der Waals surface area contributed by atoms with E-state index in [9.17, 15) is 0 Å². The van der Waals surface area contributed by atoms with Crippen molar-refractivity contribution in [3.63, 3.8) is 0 Å². The summed E-state index contributed by atoms with van der Waals surface area (Å²) in [5.74, 6) is 0.750. The summed E-state index contributed by atoms with van der Waals surface area (Å²) in [5, 5.41) is 3.74. The number of nitrogens with zero attached hydrogens (tertiary/aromatic N) is 4. The number of rotatable bonds is 3. The second-order valence-corrected chi connectivity index (χ2v) is 4.35. The SMILES string of the molecule is CNc1cncc(Sc2ncns2)n1. The van der Waals surface area contributed by atoms with E-state index in [0.717, 1.165) is 15.2 Å². The van der Waals surface area contributed by atoms with Crippen LogP contribution in [0, 0.1) is 0 Å². The van der Waals surface area contributed by atoms with E-state index in [1.165, 1.54) is 29.6 Å². The molecule has 2 aromatic heterocycles. The van der Waals surface area contributed by atoms with Gasteiger partial charge in [-0.3, -0.25) is 4.98 Å². The van der Waals surface area contributed by atoms with Crippen LogP contribution >= 0.6 is 23.3 Å². The summed E-state index contributed by atoms with van der Waals surface area (Å²) in [5.41, 5.74) is 0. The highest BCUT2D eigenvalue weighted by Crippen LogP contribution is 2.26. The van der Waals surface area contributed by atoms with E-state index in [-0.39, 0.29) is 0 Å². The van der Waals surface area contributed by atoms with E-state index in [4.69, 9.17) is 0 Å². The first-order valence-electron chi connectivity index (χ1n) is 3.83. The van der Waals surface area contributed by atoms with Crippen molar-refractivity contribution >= 4 is 29.1 Å². The minimum absolute atomic E-state index is 0.750. The number of anilines is 1. The highest BCUT2D eigenvalue weighted by atomic mass is 32.2. The first-order chi connectivity index (χ1) is 6.88. The Labute approximate surface area is 89.2 Å².